The minimum Gasteiger partial charge on any atom is -0.256 e. The Morgan fingerprint density at radius 1 is 0.895 bits per heavy atom. The molecule has 19 heavy (non-hydrogen) atoms. The maximum Gasteiger partial charge on any atom is 0.0780 e. The van der Waals surface area contributed by atoms with Crippen molar-refractivity contribution < 1.29 is 0 Å². The summed E-state index contributed by atoms with van der Waals surface area (Å²) in [4.78, 5) is 4.56. The van der Waals surface area contributed by atoms with Gasteiger partial charge in [0.2, 0.25) is 0 Å². The average Bonchev–Trinajstić information content (AvgIpc) is 2.47. The first-order valence-electron chi connectivity index (χ1n) is 6.70. The van der Waals surface area contributed by atoms with E-state index in [1.807, 2.05) is 18.3 Å². The lowest BCUT2D eigenvalue weighted by Crippen LogP contribution is -1.92. The van der Waals surface area contributed by atoms with E-state index in [0.717, 1.165) is 5.52 Å². The standard InChI is InChI=1S/C18H17N/c1-13(2)16-11-15-9-6-10-19-18(15)17(12-16)14-7-4-3-5-8-14/h3-13H,1-2H3. The molecule has 0 atom stereocenters. The number of hydrogen-bond donors (Lipinski definition) is 0. The van der Waals surface area contributed by atoms with Crippen molar-refractivity contribution >= 4 is 10.9 Å². The Kier molecular flexibility index (Phi) is 3.04. The second kappa shape index (κ2) is 4.85. The molecule has 1 aromatic heterocycles. The van der Waals surface area contributed by atoms with Crippen molar-refractivity contribution in [2.75, 3.05) is 0 Å². The lowest BCUT2D eigenvalue weighted by Gasteiger charge is -2.12. The Hall–Kier alpha value is -2.15. The van der Waals surface area contributed by atoms with Crippen molar-refractivity contribution in [3.05, 3.63) is 66.4 Å². The highest BCUT2D eigenvalue weighted by Crippen LogP contribution is 2.31. The van der Waals surface area contributed by atoms with Gasteiger partial charge in [0.05, 0.1) is 5.52 Å². The zero-order valence-corrected chi connectivity index (χ0v) is 11.3. The molecule has 0 saturated heterocycles. The van der Waals surface area contributed by atoms with Crippen LogP contribution in [0.3, 0.4) is 0 Å². The predicted octanol–water partition coefficient (Wildman–Crippen LogP) is 5.03. The first kappa shape index (κ1) is 11.9. The number of aromatic nitrogens is 1. The van der Waals surface area contributed by atoms with E-state index < -0.39 is 0 Å². The fourth-order valence-corrected chi connectivity index (χ4v) is 2.39. The second-order valence-electron chi connectivity index (χ2n) is 5.16. The van der Waals surface area contributed by atoms with Gasteiger partial charge in [0, 0.05) is 17.1 Å². The Morgan fingerprint density at radius 2 is 1.68 bits per heavy atom. The molecule has 0 bridgehead atoms. The van der Waals surface area contributed by atoms with E-state index in [0.29, 0.717) is 5.92 Å². The summed E-state index contributed by atoms with van der Waals surface area (Å²) in [7, 11) is 0. The van der Waals surface area contributed by atoms with Crippen molar-refractivity contribution in [2.45, 2.75) is 19.8 Å². The summed E-state index contributed by atoms with van der Waals surface area (Å²) < 4.78 is 0. The number of rotatable bonds is 2. The van der Waals surface area contributed by atoms with Gasteiger partial charge < -0.3 is 0 Å². The van der Waals surface area contributed by atoms with Gasteiger partial charge in [-0.2, -0.15) is 0 Å². The second-order valence-corrected chi connectivity index (χ2v) is 5.16. The molecule has 0 spiro atoms. The van der Waals surface area contributed by atoms with Crippen LogP contribution in [0.15, 0.2) is 60.8 Å². The van der Waals surface area contributed by atoms with Crippen LogP contribution in [0.1, 0.15) is 25.3 Å². The van der Waals surface area contributed by atoms with E-state index in [1.54, 1.807) is 0 Å². The summed E-state index contributed by atoms with van der Waals surface area (Å²) in [5.74, 6) is 0.520. The molecule has 0 aliphatic rings. The van der Waals surface area contributed by atoms with Gasteiger partial charge in [-0.15, -0.1) is 0 Å². The molecular formula is C18H17N. The summed E-state index contributed by atoms with van der Waals surface area (Å²) in [6.07, 6.45) is 1.86. The molecule has 0 unspecified atom stereocenters. The topological polar surface area (TPSA) is 12.9 Å². The highest BCUT2D eigenvalue weighted by molar-refractivity contribution is 5.94. The summed E-state index contributed by atoms with van der Waals surface area (Å²) in [6.45, 7) is 4.46. The maximum atomic E-state index is 4.56. The van der Waals surface area contributed by atoms with Crippen LogP contribution in [-0.4, -0.2) is 4.98 Å². The number of pyridine rings is 1. The van der Waals surface area contributed by atoms with Gasteiger partial charge in [-0.05, 0) is 35.2 Å². The molecule has 0 fully saturated rings. The summed E-state index contributed by atoms with van der Waals surface area (Å²) in [5, 5.41) is 1.22. The largest absolute Gasteiger partial charge is 0.256 e. The Bertz CT molecular complexity index is 699. The highest BCUT2D eigenvalue weighted by atomic mass is 14.6. The van der Waals surface area contributed by atoms with Gasteiger partial charge >= 0.3 is 0 Å². The van der Waals surface area contributed by atoms with Crippen molar-refractivity contribution in [3.8, 4) is 11.1 Å². The van der Waals surface area contributed by atoms with Crippen LogP contribution in [-0.2, 0) is 0 Å². The fourth-order valence-electron chi connectivity index (χ4n) is 2.39. The minimum absolute atomic E-state index is 0.520. The van der Waals surface area contributed by atoms with Crippen LogP contribution in [0.25, 0.3) is 22.0 Å². The lowest BCUT2D eigenvalue weighted by atomic mass is 9.94. The molecule has 3 rings (SSSR count). The molecule has 2 aromatic carbocycles. The molecule has 0 amide bonds. The molecule has 1 nitrogen and oxygen atoms in total. The summed E-state index contributed by atoms with van der Waals surface area (Å²) >= 11 is 0. The molecule has 0 aliphatic heterocycles. The van der Waals surface area contributed by atoms with E-state index in [2.05, 4.69) is 61.3 Å². The van der Waals surface area contributed by atoms with Crippen LogP contribution < -0.4 is 0 Å². The van der Waals surface area contributed by atoms with Gasteiger partial charge in [-0.25, -0.2) is 0 Å². The van der Waals surface area contributed by atoms with Gasteiger partial charge in [-0.1, -0.05) is 50.2 Å². The molecule has 0 N–H and O–H groups in total. The quantitative estimate of drug-likeness (QED) is 0.619. The van der Waals surface area contributed by atoms with E-state index >= 15 is 0 Å². The number of nitrogens with zero attached hydrogens (tertiary/aromatic N) is 1. The van der Waals surface area contributed by atoms with Gasteiger partial charge in [-0.3, -0.25) is 4.98 Å². The van der Waals surface area contributed by atoms with E-state index in [-0.39, 0.29) is 0 Å². The third-order valence-electron chi connectivity index (χ3n) is 3.48. The molecular weight excluding hydrogens is 230 g/mol. The number of fused-ring (bicyclic) bond motifs is 1. The first-order valence-corrected chi connectivity index (χ1v) is 6.70. The lowest BCUT2D eigenvalue weighted by molar-refractivity contribution is 0.869. The normalized spacial score (nSPS) is 11.1. The van der Waals surface area contributed by atoms with Crippen LogP contribution in [0.4, 0.5) is 0 Å². The SMILES string of the molecule is CC(C)c1cc(-c2ccccc2)c2ncccc2c1. The molecule has 1 heteroatoms. The van der Waals surface area contributed by atoms with Crippen LogP contribution in [0, 0.1) is 0 Å². The third kappa shape index (κ3) is 2.24. The first-order chi connectivity index (χ1) is 9.25. The van der Waals surface area contributed by atoms with Crippen molar-refractivity contribution in [1.82, 2.24) is 4.98 Å². The minimum atomic E-state index is 0.520. The molecule has 1 heterocycles. The van der Waals surface area contributed by atoms with E-state index in [4.69, 9.17) is 0 Å². The third-order valence-corrected chi connectivity index (χ3v) is 3.48. The number of hydrogen-bond acceptors (Lipinski definition) is 1. The zero-order chi connectivity index (χ0) is 13.2. The summed E-state index contributed by atoms with van der Waals surface area (Å²) in [5.41, 5.74) is 4.90. The molecule has 0 saturated carbocycles. The Balaban J connectivity index is 2.33. The molecule has 0 aliphatic carbocycles. The fraction of sp³-hybridized carbons (Fsp3) is 0.167. The highest BCUT2D eigenvalue weighted by Gasteiger charge is 2.09. The van der Waals surface area contributed by atoms with Gasteiger partial charge in [0.15, 0.2) is 0 Å². The smallest absolute Gasteiger partial charge is 0.0780 e. The monoisotopic (exact) mass is 247 g/mol. The molecule has 0 radical (unpaired) electrons. The summed E-state index contributed by atoms with van der Waals surface area (Å²) in [6, 6.07) is 19.2. The van der Waals surface area contributed by atoms with Crippen LogP contribution in [0.5, 0.6) is 0 Å². The molecule has 3 aromatic rings. The van der Waals surface area contributed by atoms with Crippen LogP contribution >= 0.6 is 0 Å². The van der Waals surface area contributed by atoms with E-state index in [1.165, 1.54) is 22.1 Å². The van der Waals surface area contributed by atoms with Crippen molar-refractivity contribution in [1.29, 1.82) is 0 Å². The van der Waals surface area contributed by atoms with Crippen molar-refractivity contribution in [3.63, 3.8) is 0 Å². The number of benzene rings is 2. The molecule has 94 valence electrons. The van der Waals surface area contributed by atoms with Gasteiger partial charge in [0.25, 0.3) is 0 Å². The van der Waals surface area contributed by atoms with Crippen LogP contribution in [0.2, 0.25) is 0 Å². The van der Waals surface area contributed by atoms with Gasteiger partial charge in [0.1, 0.15) is 0 Å². The Labute approximate surface area is 113 Å². The Morgan fingerprint density at radius 3 is 2.42 bits per heavy atom. The maximum absolute atomic E-state index is 4.56. The zero-order valence-electron chi connectivity index (χ0n) is 11.3. The van der Waals surface area contributed by atoms with E-state index in [9.17, 15) is 0 Å². The predicted molar refractivity (Wildman–Crippen MR) is 81.3 cm³/mol. The van der Waals surface area contributed by atoms with Crippen molar-refractivity contribution in [2.24, 2.45) is 0 Å². The average molecular weight is 247 g/mol.